The van der Waals surface area contributed by atoms with E-state index in [1.54, 1.807) is 36.5 Å². The van der Waals surface area contributed by atoms with Crippen LogP contribution >= 0.6 is 0 Å². The van der Waals surface area contributed by atoms with E-state index in [0.717, 1.165) is 23.8 Å². The van der Waals surface area contributed by atoms with E-state index in [-0.39, 0.29) is 16.9 Å². The number of carbonyl (C=O) groups excluding carboxylic acids is 2. The van der Waals surface area contributed by atoms with Gasteiger partial charge in [0.15, 0.2) is 0 Å². The van der Waals surface area contributed by atoms with E-state index in [1.807, 2.05) is 0 Å². The van der Waals surface area contributed by atoms with Gasteiger partial charge >= 0.3 is 12.1 Å². The standard InChI is InChI=1S/C14H12F2N2O.C9H6F3N3O/c1-8-7-9(5-6-12(8)17)18-14(19)13-10(15)3-2-4-11(13)16;10-9(11,12)8(16)15-7-2-1-6(14)3-5(7)4-13/h2-7H,17H2,1H3,(H,18,19);1-3H,14H2,(H,15,16). The number of carbonyl (C=O) groups is 2. The first-order valence-electron chi connectivity index (χ1n) is 9.62. The van der Waals surface area contributed by atoms with E-state index in [2.05, 4.69) is 5.32 Å². The van der Waals surface area contributed by atoms with E-state index in [9.17, 15) is 31.5 Å². The molecule has 0 atom stereocenters. The molecule has 0 heterocycles. The van der Waals surface area contributed by atoms with Crippen LogP contribution < -0.4 is 22.1 Å². The number of nitrogens with two attached hydrogens (primary N) is 2. The molecule has 35 heavy (non-hydrogen) atoms. The molecule has 0 aliphatic rings. The minimum Gasteiger partial charge on any atom is -0.399 e. The minimum atomic E-state index is -4.99. The first kappa shape index (κ1) is 26.6. The van der Waals surface area contributed by atoms with Crippen LogP contribution in [0.4, 0.5) is 44.7 Å². The van der Waals surface area contributed by atoms with Crippen LogP contribution in [-0.4, -0.2) is 18.0 Å². The van der Waals surface area contributed by atoms with Gasteiger partial charge in [0.05, 0.1) is 11.3 Å². The third-order valence-electron chi connectivity index (χ3n) is 4.39. The number of nitrogens with zero attached hydrogens (tertiary/aromatic N) is 1. The van der Waals surface area contributed by atoms with E-state index in [0.29, 0.717) is 11.4 Å². The lowest BCUT2D eigenvalue weighted by Gasteiger charge is -2.09. The number of halogens is 5. The summed E-state index contributed by atoms with van der Waals surface area (Å²) >= 11 is 0. The number of nitrogen functional groups attached to an aromatic ring is 2. The summed E-state index contributed by atoms with van der Waals surface area (Å²) in [5, 5.41) is 12.6. The van der Waals surface area contributed by atoms with Gasteiger partial charge in [0.25, 0.3) is 5.91 Å². The summed E-state index contributed by atoms with van der Waals surface area (Å²) in [5.74, 6) is -4.76. The molecule has 0 saturated heterocycles. The van der Waals surface area contributed by atoms with Crippen molar-refractivity contribution in [2.75, 3.05) is 22.1 Å². The highest BCUT2D eigenvalue weighted by molar-refractivity contribution is 6.04. The van der Waals surface area contributed by atoms with Gasteiger partial charge in [-0.05, 0) is 61.0 Å². The Kier molecular flexibility index (Phi) is 8.34. The molecule has 0 radical (unpaired) electrons. The van der Waals surface area contributed by atoms with Crippen molar-refractivity contribution in [2.45, 2.75) is 13.1 Å². The molecule has 0 spiro atoms. The molecule has 3 aromatic rings. The largest absolute Gasteiger partial charge is 0.471 e. The van der Waals surface area contributed by atoms with Crippen molar-refractivity contribution in [3.8, 4) is 6.07 Å². The summed E-state index contributed by atoms with van der Waals surface area (Å²) in [7, 11) is 0. The second-order valence-electron chi connectivity index (χ2n) is 6.99. The van der Waals surface area contributed by atoms with Gasteiger partial charge in [0.1, 0.15) is 23.3 Å². The van der Waals surface area contributed by atoms with Crippen molar-refractivity contribution in [3.63, 3.8) is 0 Å². The summed E-state index contributed by atoms with van der Waals surface area (Å²) in [6.07, 6.45) is -4.99. The zero-order valence-corrected chi connectivity index (χ0v) is 18.0. The van der Waals surface area contributed by atoms with Crippen LogP contribution in [0.1, 0.15) is 21.5 Å². The molecule has 0 fully saturated rings. The molecule has 0 aliphatic carbocycles. The minimum absolute atomic E-state index is 0.127. The number of amides is 2. The fourth-order valence-corrected chi connectivity index (χ4v) is 2.62. The van der Waals surface area contributed by atoms with Crippen molar-refractivity contribution in [1.29, 1.82) is 5.26 Å². The molecular formula is C23H18F5N5O2. The molecule has 0 bridgehead atoms. The number of rotatable bonds is 3. The second-order valence-corrected chi connectivity index (χ2v) is 6.99. The van der Waals surface area contributed by atoms with Crippen LogP contribution in [0.25, 0.3) is 0 Å². The van der Waals surface area contributed by atoms with Gasteiger partial charge < -0.3 is 22.1 Å². The molecule has 6 N–H and O–H groups in total. The maximum atomic E-state index is 13.4. The number of benzene rings is 3. The lowest BCUT2D eigenvalue weighted by molar-refractivity contribution is -0.167. The van der Waals surface area contributed by atoms with Crippen LogP contribution in [0.3, 0.4) is 0 Å². The molecule has 0 saturated carbocycles. The highest BCUT2D eigenvalue weighted by Crippen LogP contribution is 2.22. The van der Waals surface area contributed by atoms with E-state index < -0.39 is 35.2 Å². The van der Waals surface area contributed by atoms with Crippen molar-refractivity contribution in [1.82, 2.24) is 0 Å². The van der Waals surface area contributed by atoms with Gasteiger partial charge in [-0.3, -0.25) is 9.59 Å². The molecule has 2 amide bonds. The van der Waals surface area contributed by atoms with Gasteiger partial charge in [0, 0.05) is 17.1 Å². The van der Waals surface area contributed by atoms with Gasteiger partial charge in [-0.2, -0.15) is 18.4 Å². The Balaban J connectivity index is 0.000000251. The summed E-state index contributed by atoms with van der Waals surface area (Å²) in [4.78, 5) is 22.4. The Morgan fingerprint density at radius 3 is 2.11 bits per heavy atom. The lowest BCUT2D eigenvalue weighted by Crippen LogP contribution is -2.30. The van der Waals surface area contributed by atoms with Gasteiger partial charge in [-0.1, -0.05) is 6.07 Å². The second kappa shape index (κ2) is 11.0. The van der Waals surface area contributed by atoms with Crippen LogP contribution in [0, 0.1) is 29.9 Å². The molecule has 0 unspecified atom stereocenters. The summed E-state index contributed by atoms with van der Waals surface area (Å²) in [6, 6.07) is 13.3. The normalized spacial score (nSPS) is 10.4. The Morgan fingerprint density at radius 1 is 0.943 bits per heavy atom. The van der Waals surface area contributed by atoms with E-state index in [4.69, 9.17) is 16.7 Å². The maximum Gasteiger partial charge on any atom is 0.471 e. The van der Waals surface area contributed by atoms with Crippen LogP contribution in [0.5, 0.6) is 0 Å². The zero-order chi connectivity index (χ0) is 26.3. The lowest BCUT2D eigenvalue weighted by atomic mass is 10.1. The summed E-state index contributed by atoms with van der Waals surface area (Å²) in [5.41, 5.74) is 12.0. The van der Waals surface area contributed by atoms with Gasteiger partial charge in [-0.25, -0.2) is 8.78 Å². The van der Waals surface area contributed by atoms with E-state index in [1.165, 1.54) is 18.2 Å². The zero-order valence-electron chi connectivity index (χ0n) is 18.0. The first-order valence-corrected chi connectivity index (χ1v) is 9.62. The Labute approximate surface area is 196 Å². The van der Waals surface area contributed by atoms with Gasteiger partial charge in [-0.15, -0.1) is 0 Å². The fraction of sp³-hybridized carbons (Fsp3) is 0.0870. The number of anilines is 4. The molecule has 12 heteroatoms. The third-order valence-corrected chi connectivity index (χ3v) is 4.39. The Bertz CT molecular complexity index is 1280. The van der Waals surface area contributed by atoms with E-state index >= 15 is 0 Å². The van der Waals surface area contributed by atoms with Crippen molar-refractivity contribution >= 4 is 34.6 Å². The average Bonchev–Trinajstić information content (AvgIpc) is 2.77. The Morgan fingerprint density at radius 2 is 1.57 bits per heavy atom. The molecule has 0 aromatic heterocycles. The SMILES string of the molecule is Cc1cc(NC(=O)c2c(F)cccc2F)ccc1N.N#Cc1cc(N)ccc1NC(=O)C(F)(F)F. The third kappa shape index (κ3) is 7.16. The quantitative estimate of drug-likeness (QED) is 0.310. The molecule has 7 nitrogen and oxygen atoms in total. The average molecular weight is 491 g/mol. The van der Waals surface area contributed by atoms with Gasteiger partial charge in [0.2, 0.25) is 0 Å². The summed E-state index contributed by atoms with van der Waals surface area (Å²) in [6.45, 7) is 1.77. The maximum absolute atomic E-state index is 13.4. The Hall–Kier alpha value is -4.66. The molecule has 0 aliphatic heterocycles. The van der Waals surface area contributed by atoms with Crippen LogP contribution in [0.15, 0.2) is 54.6 Å². The smallest absolute Gasteiger partial charge is 0.399 e. The number of hydrogen-bond acceptors (Lipinski definition) is 5. The number of nitriles is 1. The molecule has 3 aromatic carbocycles. The topological polar surface area (TPSA) is 134 Å². The van der Waals surface area contributed by atoms with Crippen molar-refractivity contribution < 1.29 is 31.5 Å². The predicted octanol–water partition coefficient (Wildman–Crippen LogP) is 4.75. The number of nitrogens with one attached hydrogen (secondary N) is 2. The summed E-state index contributed by atoms with van der Waals surface area (Å²) < 4.78 is 62.6. The van der Waals surface area contributed by atoms with Crippen LogP contribution in [-0.2, 0) is 4.79 Å². The molecule has 182 valence electrons. The number of alkyl halides is 3. The molecule has 3 rings (SSSR count). The number of hydrogen-bond donors (Lipinski definition) is 4. The predicted molar refractivity (Wildman–Crippen MR) is 120 cm³/mol. The first-order chi connectivity index (χ1) is 16.3. The highest BCUT2D eigenvalue weighted by Gasteiger charge is 2.39. The fourth-order valence-electron chi connectivity index (χ4n) is 2.62. The monoisotopic (exact) mass is 491 g/mol. The highest BCUT2D eigenvalue weighted by atomic mass is 19.4. The molecular weight excluding hydrogens is 473 g/mol. The number of aryl methyl sites for hydroxylation is 1. The van der Waals surface area contributed by atoms with Crippen LogP contribution in [0.2, 0.25) is 0 Å². The van der Waals surface area contributed by atoms with Crippen molar-refractivity contribution in [3.05, 3.63) is 82.9 Å². The van der Waals surface area contributed by atoms with Crippen molar-refractivity contribution in [2.24, 2.45) is 0 Å².